The van der Waals surface area contributed by atoms with Crippen LogP contribution in [0.3, 0.4) is 0 Å². The monoisotopic (exact) mass is 292 g/mol. The Morgan fingerprint density at radius 3 is 2.67 bits per heavy atom. The SMILES string of the molecule is CCC(NC(=O)c1cc(N)cc(C)c1F)C1CCCCC1. The Morgan fingerprint density at radius 2 is 2.05 bits per heavy atom. The van der Waals surface area contributed by atoms with E-state index in [0.29, 0.717) is 17.2 Å². The van der Waals surface area contributed by atoms with Crippen LogP contribution in [0.4, 0.5) is 10.1 Å². The van der Waals surface area contributed by atoms with E-state index >= 15 is 0 Å². The molecule has 1 unspecified atom stereocenters. The second-order valence-electron chi connectivity index (χ2n) is 6.09. The number of rotatable bonds is 4. The molecule has 1 aromatic carbocycles. The van der Waals surface area contributed by atoms with Crippen molar-refractivity contribution in [3.8, 4) is 0 Å². The first-order valence-corrected chi connectivity index (χ1v) is 7.89. The zero-order valence-electron chi connectivity index (χ0n) is 12.9. The summed E-state index contributed by atoms with van der Waals surface area (Å²) < 4.78 is 14.1. The molecule has 116 valence electrons. The van der Waals surface area contributed by atoms with Gasteiger partial charge in [-0.3, -0.25) is 4.79 Å². The molecule has 1 aliphatic rings. The van der Waals surface area contributed by atoms with Gasteiger partial charge in [-0.25, -0.2) is 4.39 Å². The molecule has 0 aromatic heterocycles. The highest BCUT2D eigenvalue weighted by molar-refractivity contribution is 5.95. The van der Waals surface area contributed by atoms with Crippen LogP contribution in [0.1, 0.15) is 61.4 Å². The van der Waals surface area contributed by atoms with E-state index in [2.05, 4.69) is 12.2 Å². The summed E-state index contributed by atoms with van der Waals surface area (Å²) in [5.74, 6) is -0.307. The number of benzene rings is 1. The van der Waals surface area contributed by atoms with Crippen molar-refractivity contribution in [1.82, 2.24) is 5.32 Å². The van der Waals surface area contributed by atoms with Gasteiger partial charge in [-0.15, -0.1) is 0 Å². The standard InChI is InChI=1S/C17H25FN2O/c1-3-15(12-7-5-4-6-8-12)20-17(21)14-10-13(19)9-11(2)16(14)18/h9-10,12,15H,3-8,19H2,1-2H3,(H,20,21). The number of amides is 1. The Balaban J connectivity index is 2.12. The topological polar surface area (TPSA) is 55.1 Å². The molecule has 1 fully saturated rings. The summed E-state index contributed by atoms with van der Waals surface area (Å²) in [6.07, 6.45) is 6.91. The highest BCUT2D eigenvalue weighted by Crippen LogP contribution is 2.28. The molecule has 1 atom stereocenters. The predicted octanol–water partition coefficient (Wildman–Crippen LogP) is 3.81. The van der Waals surface area contributed by atoms with E-state index in [1.807, 2.05) is 0 Å². The molecule has 4 heteroatoms. The lowest BCUT2D eigenvalue weighted by atomic mass is 9.83. The highest BCUT2D eigenvalue weighted by atomic mass is 19.1. The number of carbonyl (C=O) groups is 1. The van der Waals surface area contributed by atoms with Crippen molar-refractivity contribution in [3.05, 3.63) is 29.1 Å². The van der Waals surface area contributed by atoms with Gasteiger partial charge in [-0.1, -0.05) is 26.2 Å². The van der Waals surface area contributed by atoms with E-state index in [1.54, 1.807) is 13.0 Å². The minimum Gasteiger partial charge on any atom is -0.399 e. The van der Waals surface area contributed by atoms with Gasteiger partial charge >= 0.3 is 0 Å². The summed E-state index contributed by atoms with van der Waals surface area (Å²) in [6.45, 7) is 3.70. The fourth-order valence-corrected chi connectivity index (χ4v) is 3.30. The van der Waals surface area contributed by atoms with Crippen LogP contribution in [0, 0.1) is 18.7 Å². The number of hydrogen-bond acceptors (Lipinski definition) is 2. The largest absolute Gasteiger partial charge is 0.399 e. The molecular weight excluding hydrogens is 267 g/mol. The third-order valence-corrected chi connectivity index (χ3v) is 4.50. The number of halogens is 1. The van der Waals surface area contributed by atoms with Crippen molar-refractivity contribution >= 4 is 11.6 Å². The average molecular weight is 292 g/mol. The normalized spacial score (nSPS) is 17.5. The molecule has 0 bridgehead atoms. The van der Waals surface area contributed by atoms with Crippen molar-refractivity contribution in [2.75, 3.05) is 5.73 Å². The first kappa shape index (κ1) is 15.8. The first-order chi connectivity index (χ1) is 10.0. The van der Waals surface area contributed by atoms with Gasteiger partial charge in [0.2, 0.25) is 0 Å². The number of nitrogen functional groups attached to an aromatic ring is 1. The maximum absolute atomic E-state index is 14.1. The van der Waals surface area contributed by atoms with Crippen LogP contribution in [0.25, 0.3) is 0 Å². The smallest absolute Gasteiger partial charge is 0.254 e. The zero-order chi connectivity index (χ0) is 15.4. The highest BCUT2D eigenvalue weighted by Gasteiger charge is 2.25. The van der Waals surface area contributed by atoms with Crippen molar-refractivity contribution < 1.29 is 9.18 Å². The van der Waals surface area contributed by atoms with E-state index in [4.69, 9.17) is 5.73 Å². The number of aryl methyl sites for hydroxylation is 1. The molecule has 21 heavy (non-hydrogen) atoms. The van der Waals surface area contributed by atoms with E-state index in [-0.39, 0.29) is 17.5 Å². The van der Waals surface area contributed by atoms with Gasteiger partial charge < -0.3 is 11.1 Å². The quantitative estimate of drug-likeness (QED) is 0.829. The third kappa shape index (κ3) is 3.74. The Morgan fingerprint density at radius 1 is 1.38 bits per heavy atom. The number of anilines is 1. The second kappa shape index (κ2) is 6.92. The van der Waals surface area contributed by atoms with Crippen molar-refractivity contribution in [3.63, 3.8) is 0 Å². The maximum atomic E-state index is 14.1. The molecule has 0 spiro atoms. The van der Waals surface area contributed by atoms with Gasteiger partial charge in [0.1, 0.15) is 5.82 Å². The van der Waals surface area contributed by atoms with E-state index < -0.39 is 5.82 Å². The average Bonchev–Trinajstić information content (AvgIpc) is 2.49. The van der Waals surface area contributed by atoms with Gasteiger partial charge in [0.15, 0.2) is 0 Å². The Kier molecular flexibility index (Phi) is 5.21. The van der Waals surface area contributed by atoms with Crippen molar-refractivity contribution in [1.29, 1.82) is 0 Å². The predicted molar refractivity (Wildman–Crippen MR) is 83.7 cm³/mol. The van der Waals surface area contributed by atoms with Crippen LogP contribution in [0.15, 0.2) is 12.1 Å². The number of hydrogen-bond donors (Lipinski definition) is 2. The molecule has 0 saturated heterocycles. The van der Waals surface area contributed by atoms with Crippen LogP contribution in [0.2, 0.25) is 0 Å². The lowest BCUT2D eigenvalue weighted by Gasteiger charge is -2.30. The lowest BCUT2D eigenvalue weighted by Crippen LogP contribution is -2.41. The summed E-state index contributed by atoms with van der Waals surface area (Å²) in [4.78, 5) is 12.4. The number of carbonyl (C=O) groups excluding carboxylic acids is 1. The van der Waals surface area contributed by atoms with Crippen LogP contribution in [0.5, 0.6) is 0 Å². The van der Waals surface area contributed by atoms with Crippen LogP contribution in [-0.4, -0.2) is 11.9 Å². The minimum atomic E-state index is -0.472. The molecule has 2 rings (SSSR count). The lowest BCUT2D eigenvalue weighted by molar-refractivity contribution is 0.0907. The van der Waals surface area contributed by atoms with Gasteiger partial charge in [0.05, 0.1) is 5.56 Å². The van der Waals surface area contributed by atoms with Crippen molar-refractivity contribution in [2.24, 2.45) is 5.92 Å². The van der Waals surface area contributed by atoms with E-state index in [9.17, 15) is 9.18 Å². The molecule has 3 N–H and O–H groups in total. The minimum absolute atomic E-state index is 0.0572. The number of nitrogens with two attached hydrogens (primary N) is 1. The molecule has 0 heterocycles. The molecule has 1 aliphatic carbocycles. The summed E-state index contributed by atoms with van der Waals surface area (Å²) in [5.41, 5.74) is 6.61. The Labute approximate surface area is 126 Å². The summed E-state index contributed by atoms with van der Waals surface area (Å²) in [7, 11) is 0. The van der Waals surface area contributed by atoms with E-state index in [1.165, 1.54) is 25.3 Å². The van der Waals surface area contributed by atoms with Gasteiger partial charge in [0, 0.05) is 11.7 Å². The summed E-state index contributed by atoms with van der Waals surface area (Å²) >= 11 is 0. The molecule has 0 aliphatic heterocycles. The van der Waals surface area contributed by atoms with Crippen LogP contribution >= 0.6 is 0 Å². The molecule has 0 radical (unpaired) electrons. The first-order valence-electron chi connectivity index (χ1n) is 7.89. The van der Waals surface area contributed by atoms with E-state index in [0.717, 1.165) is 19.3 Å². The molecule has 1 aromatic rings. The fourth-order valence-electron chi connectivity index (χ4n) is 3.30. The molecular formula is C17H25FN2O. The van der Waals surface area contributed by atoms with Crippen molar-refractivity contribution in [2.45, 2.75) is 58.4 Å². The fraction of sp³-hybridized carbons (Fsp3) is 0.588. The Bertz CT molecular complexity index is 510. The van der Waals surface area contributed by atoms with Crippen LogP contribution < -0.4 is 11.1 Å². The number of nitrogens with one attached hydrogen (secondary N) is 1. The molecule has 1 saturated carbocycles. The molecule has 3 nitrogen and oxygen atoms in total. The molecule has 1 amide bonds. The van der Waals surface area contributed by atoms with Gasteiger partial charge in [0.25, 0.3) is 5.91 Å². The van der Waals surface area contributed by atoms with Gasteiger partial charge in [-0.2, -0.15) is 0 Å². The van der Waals surface area contributed by atoms with Gasteiger partial charge in [-0.05, 0) is 49.8 Å². The zero-order valence-corrected chi connectivity index (χ0v) is 12.9. The Hall–Kier alpha value is -1.58. The third-order valence-electron chi connectivity index (χ3n) is 4.50. The van der Waals surface area contributed by atoms with Crippen LogP contribution in [-0.2, 0) is 0 Å². The summed E-state index contributed by atoms with van der Waals surface area (Å²) in [5, 5.41) is 3.01. The second-order valence-corrected chi connectivity index (χ2v) is 6.09. The maximum Gasteiger partial charge on any atom is 0.254 e. The summed E-state index contributed by atoms with van der Waals surface area (Å²) in [6, 6.07) is 3.09.